The van der Waals surface area contributed by atoms with Gasteiger partial charge in [-0.1, -0.05) is 61.5 Å². The first-order valence-electron chi connectivity index (χ1n) is 12.2. The van der Waals surface area contributed by atoms with Gasteiger partial charge in [-0.25, -0.2) is 4.79 Å². The molecule has 2 aliphatic rings. The van der Waals surface area contributed by atoms with Crippen molar-refractivity contribution in [1.29, 1.82) is 0 Å². The number of nitrogens with one attached hydrogen (secondary N) is 2. The third-order valence-corrected chi connectivity index (χ3v) is 6.77. The number of carbonyl (C=O) groups is 2. The summed E-state index contributed by atoms with van der Waals surface area (Å²) in [5.74, 6) is -0.793. The predicted molar refractivity (Wildman–Crippen MR) is 130 cm³/mol. The summed E-state index contributed by atoms with van der Waals surface area (Å²) in [7, 11) is 0. The molecule has 8 nitrogen and oxygen atoms in total. The Labute approximate surface area is 205 Å². The van der Waals surface area contributed by atoms with E-state index in [1.165, 1.54) is 0 Å². The molecule has 0 aromatic heterocycles. The number of benzene rings is 2. The van der Waals surface area contributed by atoms with Gasteiger partial charge in [-0.2, -0.15) is 0 Å². The van der Waals surface area contributed by atoms with Crippen LogP contribution in [0, 0.1) is 5.92 Å². The average molecular weight is 483 g/mol. The van der Waals surface area contributed by atoms with E-state index >= 15 is 0 Å². The van der Waals surface area contributed by atoms with Crippen LogP contribution in [0.15, 0.2) is 54.6 Å². The fraction of sp³-hybridized carbons (Fsp3) is 0.481. The van der Waals surface area contributed by atoms with Crippen LogP contribution in [0.4, 0.5) is 4.79 Å². The quantitative estimate of drug-likeness (QED) is 0.436. The van der Waals surface area contributed by atoms with Crippen molar-refractivity contribution >= 4 is 12.0 Å². The highest BCUT2D eigenvalue weighted by molar-refractivity contribution is 5.79. The lowest BCUT2D eigenvalue weighted by atomic mass is 9.93. The third kappa shape index (κ3) is 6.60. The zero-order chi connectivity index (χ0) is 24.8. The maximum Gasteiger partial charge on any atom is 0.407 e. The Hall–Kier alpha value is -2.94. The number of hydrogen-bond acceptors (Lipinski definition) is 6. The number of carbonyl (C=O) groups excluding carboxylic acids is 2. The summed E-state index contributed by atoms with van der Waals surface area (Å²) in [6.45, 7) is 2.66. The lowest BCUT2D eigenvalue weighted by Crippen LogP contribution is -2.47. The van der Waals surface area contributed by atoms with E-state index in [1.807, 2.05) is 54.6 Å². The molecule has 4 rings (SSSR count). The molecule has 2 aromatic rings. The van der Waals surface area contributed by atoms with Gasteiger partial charge in [0.05, 0.1) is 37.5 Å². The molecular formula is C27H34N2O6. The summed E-state index contributed by atoms with van der Waals surface area (Å²) >= 11 is 0. The molecule has 0 radical (unpaired) electrons. The minimum atomic E-state index is -0.982. The molecule has 1 heterocycles. The van der Waals surface area contributed by atoms with Gasteiger partial charge >= 0.3 is 6.09 Å². The molecule has 188 valence electrons. The normalized spacial score (nSPS) is 23.7. The van der Waals surface area contributed by atoms with Gasteiger partial charge in [0, 0.05) is 18.8 Å². The monoisotopic (exact) mass is 482 g/mol. The smallest absolute Gasteiger partial charge is 0.407 e. The second-order valence-corrected chi connectivity index (χ2v) is 9.49. The number of fused-ring (bicyclic) bond motifs is 1. The van der Waals surface area contributed by atoms with Crippen molar-refractivity contribution in [2.24, 2.45) is 5.92 Å². The fourth-order valence-electron chi connectivity index (χ4n) is 4.77. The zero-order valence-corrected chi connectivity index (χ0v) is 19.9. The molecule has 1 saturated heterocycles. The number of amides is 2. The summed E-state index contributed by atoms with van der Waals surface area (Å²) in [5, 5.41) is 27.2. The summed E-state index contributed by atoms with van der Waals surface area (Å²) in [6.07, 6.45) is -0.901. The third-order valence-electron chi connectivity index (χ3n) is 6.77. The van der Waals surface area contributed by atoms with Crippen LogP contribution in [0.2, 0.25) is 0 Å². The Morgan fingerprint density at radius 1 is 1.14 bits per heavy atom. The minimum absolute atomic E-state index is 0.139. The number of aliphatic hydroxyl groups is 2. The van der Waals surface area contributed by atoms with Gasteiger partial charge in [0.2, 0.25) is 5.91 Å². The van der Waals surface area contributed by atoms with Crippen molar-refractivity contribution in [3.05, 3.63) is 71.3 Å². The van der Waals surface area contributed by atoms with Crippen molar-refractivity contribution in [1.82, 2.24) is 10.6 Å². The van der Waals surface area contributed by atoms with Crippen molar-refractivity contribution in [2.75, 3.05) is 13.2 Å². The van der Waals surface area contributed by atoms with Gasteiger partial charge in [0.15, 0.2) is 0 Å². The van der Waals surface area contributed by atoms with Gasteiger partial charge in [-0.15, -0.1) is 0 Å². The van der Waals surface area contributed by atoms with E-state index in [0.717, 1.165) is 16.7 Å². The Balaban J connectivity index is 1.37. The Morgan fingerprint density at radius 3 is 2.63 bits per heavy atom. The molecule has 2 amide bonds. The maximum absolute atomic E-state index is 13.0. The van der Waals surface area contributed by atoms with E-state index < -0.39 is 36.3 Å². The molecule has 0 saturated carbocycles. The maximum atomic E-state index is 13.0. The van der Waals surface area contributed by atoms with Crippen LogP contribution in [0.25, 0.3) is 0 Å². The van der Waals surface area contributed by atoms with E-state index in [9.17, 15) is 19.8 Å². The Bertz CT molecular complexity index is 994. The standard InChI is InChI=1S/C27H34N2O6/c1-17(26(32)29-25-21-10-6-5-9-19(21)15-24(25)31)13-23(30)22(14-18-7-3-2-4-8-18)28-27(33)35-20-11-12-34-16-20/h2-10,17,20,22-25,30-31H,11-16H2,1H3,(H,28,33)(H,29,32)/t17-,20+,22+,23+,24-,25+/m1/s1. The van der Waals surface area contributed by atoms with Crippen LogP contribution in [-0.2, 0) is 27.1 Å². The first kappa shape index (κ1) is 25.2. The van der Waals surface area contributed by atoms with Crippen molar-refractivity contribution in [3.8, 4) is 0 Å². The average Bonchev–Trinajstić information content (AvgIpc) is 3.46. The van der Waals surface area contributed by atoms with Gasteiger partial charge < -0.3 is 30.3 Å². The molecule has 2 aromatic carbocycles. The van der Waals surface area contributed by atoms with Crippen LogP contribution < -0.4 is 10.6 Å². The van der Waals surface area contributed by atoms with Crippen molar-refractivity contribution in [2.45, 2.75) is 63.0 Å². The topological polar surface area (TPSA) is 117 Å². The molecule has 35 heavy (non-hydrogen) atoms. The Kier molecular flexibility index (Phi) is 8.38. The molecule has 1 fully saturated rings. The second kappa shape index (κ2) is 11.7. The minimum Gasteiger partial charge on any atom is -0.444 e. The molecule has 8 heteroatoms. The van der Waals surface area contributed by atoms with Crippen LogP contribution in [0.1, 0.15) is 42.5 Å². The first-order chi connectivity index (χ1) is 16.9. The lowest BCUT2D eigenvalue weighted by molar-refractivity contribution is -0.127. The highest BCUT2D eigenvalue weighted by Crippen LogP contribution is 2.31. The van der Waals surface area contributed by atoms with Gasteiger partial charge in [-0.3, -0.25) is 4.79 Å². The molecule has 6 atom stereocenters. The predicted octanol–water partition coefficient (Wildman–Crippen LogP) is 2.27. The van der Waals surface area contributed by atoms with E-state index in [4.69, 9.17) is 9.47 Å². The molecule has 1 aliphatic heterocycles. The van der Waals surface area contributed by atoms with Gasteiger partial charge in [0.1, 0.15) is 6.10 Å². The SMILES string of the molecule is C[C@H](C[C@H](O)[C@H](Cc1ccccc1)NC(=O)O[C@H]1CCOC1)C(=O)N[C@H]1c2ccccc2C[C@H]1O. The zero-order valence-electron chi connectivity index (χ0n) is 19.9. The molecular weight excluding hydrogens is 448 g/mol. The van der Waals surface area contributed by atoms with Crippen LogP contribution in [0.3, 0.4) is 0 Å². The molecule has 1 aliphatic carbocycles. The van der Waals surface area contributed by atoms with Crippen molar-refractivity contribution < 1.29 is 29.3 Å². The van der Waals surface area contributed by atoms with E-state index in [-0.39, 0.29) is 18.4 Å². The molecule has 0 spiro atoms. The lowest BCUT2D eigenvalue weighted by Gasteiger charge is -2.27. The van der Waals surface area contributed by atoms with Crippen molar-refractivity contribution in [3.63, 3.8) is 0 Å². The molecule has 4 N–H and O–H groups in total. The summed E-state index contributed by atoms with van der Waals surface area (Å²) in [4.78, 5) is 25.5. The summed E-state index contributed by atoms with van der Waals surface area (Å²) in [5.41, 5.74) is 2.89. The number of ether oxygens (including phenoxy) is 2. The van der Waals surface area contributed by atoms with Crippen LogP contribution >= 0.6 is 0 Å². The number of aliphatic hydroxyl groups excluding tert-OH is 2. The summed E-state index contributed by atoms with van der Waals surface area (Å²) < 4.78 is 10.7. The fourth-order valence-corrected chi connectivity index (χ4v) is 4.77. The highest BCUT2D eigenvalue weighted by atomic mass is 16.6. The first-order valence-corrected chi connectivity index (χ1v) is 12.2. The van der Waals surface area contributed by atoms with Gasteiger partial charge in [0.25, 0.3) is 0 Å². The number of hydrogen-bond donors (Lipinski definition) is 4. The molecule has 0 unspecified atom stereocenters. The summed E-state index contributed by atoms with van der Waals surface area (Å²) in [6, 6.07) is 16.1. The second-order valence-electron chi connectivity index (χ2n) is 9.49. The highest BCUT2D eigenvalue weighted by Gasteiger charge is 2.34. The Morgan fingerprint density at radius 2 is 1.89 bits per heavy atom. The van der Waals surface area contributed by atoms with Crippen LogP contribution in [-0.4, -0.2) is 59.8 Å². The van der Waals surface area contributed by atoms with E-state index in [0.29, 0.717) is 32.5 Å². The number of rotatable bonds is 9. The molecule has 0 bridgehead atoms. The van der Waals surface area contributed by atoms with E-state index in [1.54, 1.807) is 6.92 Å². The largest absolute Gasteiger partial charge is 0.444 e. The van der Waals surface area contributed by atoms with E-state index in [2.05, 4.69) is 10.6 Å². The van der Waals surface area contributed by atoms with Gasteiger partial charge in [-0.05, 0) is 29.5 Å². The number of alkyl carbamates (subject to hydrolysis) is 1. The van der Waals surface area contributed by atoms with Crippen LogP contribution in [0.5, 0.6) is 0 Å².